The van der Waals surface area contributed by atoms with Crippen molar-refractivity contribution in [2.45, 2.75) is 50.1 Å². The molecule has 0 amide bonds. The SMILES string of the molecule is [N-]=[N+]=N[C@H](C(=O)Cc1cccc(F)c1CC[C@H](N)CO)[C@@H](c1ccc(Cl)cc1)C1CCOCC1. The molecule has 182 valence electrons. The van der Waals surface area contributed by atoms with Gasteiger partial charge in [-0.15, -0.1) is 0 Å². The van der Waals surface area contributed by atoms with E-state index >= 15 is 0 Å². The van der Waals surface area contributed by atoms with Gasteiger partial charge in [0, 0.05) is 41.5 Å². The molecule has 2 aromatic rings. The molecule has 0 unspecified atom stereocenters. The second-order valence-corrected chi connectivity index (χ2v) is 9.12. The highest BCUT2D eigenvalue weighted by atomic mass is 35.5. The van der Waals surface area contributed by atoms with Crippen molar-refractivity contribution in [3.63, 3.8) is 0 Å². The van der Waals surface area contributed by atoms with Crippen LogP contribution in [0.15, 0.2) is 47.6 Å². The monoisotopic (exact) mass is 488 g/mol. The Morgan fingerprint density at radius 2 is 1.97 bits per heavy atom. The van der Waals surface area contributed by atoms with Crippen LogP contribution in [-0.4, -0.2) is 42.8 Å². The molecule has 0 aromatic heterocycles. The van der Waals surface area contributed by atoms with Crippen LogP contribution in [0, 0.1) is 11.7 Å². The Balaban J connectivity index is 1.92. The highest BCUT2D eigenvalue weighted by Gasteiger charge is 2.36. The number of aliphatic hydroxyl groups excluding tert-OH is 1. The van der Waals surface area contributed by atoms with Crippen molar-refractivity contribution in [3.8, 4) is 0 Å². The lowest BCUT2D eigenvalue weighted by Gasteiger charge is -2.34. The van der Waals surface area contributed by atoms with Crippen molar-refractivity contribution >= 4 is 17.4 Å². The summed E-state index contributed by atoms with van der Waals surface area (Å²) in [5, 5.41) is 13.7. The molecule has 0 spiro atoms. The summed E-state index contributed by atoms with van der Waals surface area (Å²) in [4.78, 5) is 16.6. The molecular weight excluding hydrogens is 459 g/mol. The predicted octanol–water partition coefficient (Wildman–Crippen LogP) is 4.73. The Morgan fingerprint density at radius 3 is 2.62 bits per heavy atom. The van der Waals surface area contributed by atoms with Crippen molar-refractivity contribution in [1.29, 1.82) is 0 Å². The summed E-state index contributed by atoms with van der Waals surface area (Å²) < 4.78 is 20.1. The predicted molar refractivity (Wildman–Crippen MR) is 129 cm³/mol. The smallest absolute Gasteiger partial charge is 0.146 e. The average molecular weight is 489 g/mol. The van der Waals surface area contributed by atoms with Crippen LogP contribution in [0.4, 0.5) is 4.39 Å². The topological polar surface area (TPSA) is 121 Å². The Hall–Kier alpha value is -2.48. The van der Waals surface area contributed by atoms with Crippen LogP contribution >= 0.6 is 11.6 Å². The van der Waals surface area contributed by atoms with Gasteiger partial charge in [-0.3, -0.25) is 4.79 Å². The molecule has 1 heterocycles. The van der Waals surface area contributed by atoms with E-state index in [1.807, 2.05) is 12.1 Å². The van der Waals surface area contributed by atoms with Crippen molar-refractivity contribution in [1.82, 2.24) is 0 Å². The quantitative estimate of drug-likeness (QED) is 0.269. The molecule has 3 rings (SSSR count). The number of benzene rings is 2. The molecule has 0 aliphatic carbocycles. The third kappa shape index (κ3) is 6.78. The van der Waals surface area contributed by atoms with E-state index in [0.717, 1.165) is 18.4 Å². The van der Waals surface area contributed by atoms with E-state index in [9.17, 15) is 19.8 Å². The Labute approximate surface area is 203 Å². The van der Waals surface area contributed by atoms with Crippen LogP contribution in [0.3, 0.4) is 0 Å². The highest BCUT2D eigenvalue weighted by Crippen LogP contribution is 2.37. The first-order valence-corrected chi connectivity index (χ1v) is 11.8. The minimum atomic E-state index is -0.954. The van der Waals surface area contributed by atoms with Crippen molar-refractivity contribution in [3.05, 3.63) is 80.4 Å². The molecule has 0 radical (unpaired) electrons. The van der Waals surface area contributed by atoms with Gasteiger partial charge in [-0.2, -0.15) is 0 Å². The Morgan fingerprint density at radius 1 is 1.26 bits per heavy atom. The van der Waals surface area contributed by atoms with Gasteiger partial charge in [-0.1, -0.05) is 41.0 Å². The number of halogens is 2. The molecule has 2 aromatic carbocycles. The molecule has 34 heavy (non-hydrogen) atoms. The number of hydrogen-bond acceptors (Lipinski definition) is 5. The number of aliphatic hydroxyl groups is 1. The Bertz CT molecular complexity index is 1010. The molecule has 0 saturated carbocycles. The van der Waals surface area contributed by atoms with Crippen molar-refractivity contribution in [2.24, 2.45) is 16.8 Å². The summed E-state index contributed by atoms with van der Waals surface area (Å²) >= 11 is 6.08. The maximum absolute atomic E-state index is 14.6. The molecule has 7 nitrogen and oxygen atoms in total. The third-order valence-corrected chi connectivity index (χ3v) is 6.71. The van der Waals surface area contributed by atoms with Gasteiger partial charge in [-0.05, 0) is 72.0 Å². The zero-order valence-corrected chi connectivity index (χ0v) is 19.7. The van der Waals surface area contributed by atoms with Crippen molar-refractivity contribution in [2.75, 3.05) is 19.8 Å². The fourth-order valence-electron chi connectivity index (χ4n) is 4.63. The van der Waals surface area contributed by atoms with E-state index in [4.69, 9.17) is 22.1 Å². The van der Waals surface area contributed by atoms with Gasteiger partial charge in [0.05, 0.1) is 6.61 Å². The fourth-order valence-corrected chi connectivity index (χ4v) is 4.75. The van der Waals surface area contributed by atoms with E-state index in [0.29, 0.717) is 42.2 Å². The normalized spacial score (nSPS) is 16.9. The molecule has 3 atom stereocenters. The van der Waals surface area contributed by atoms with E-state index in [1.165, 1.54) is 6.07 Å². The maximum Gasteiger partial charge on any atom is 0.146 e. The van der Waals surface area contributed by atoms with E-state index in [-0.39, 0.29) is 30.6 Å². The number of ketones is 1. The first-order valence-electron chi connectivity index (χ1n) is 11.5. The van der Waals surface area contributed by atoms with Crippen LogP contribution in [0.5, 0.6) is 0 Å². The van der Waals surface area contributed by atoms with Crippen LogP contribution in [0.2, 0.25) is 5.02 Å². The zero-order chi connectivity index (χ0) is 24.5. The molecular formula is C25H30ClFN4O3. The lowest BCUT2D eigenvalue weighted by Crippen LogP contribution is -2.35. The number of hydrogen-bond donors (Lipinski definition) is 2. The lowest BCUT2D eigenvalue weighted by atomic mass is 9.75. The molecule has 0 bridgehead atoms. The standard InChI is InChI=1S/C25H30ClFN4O3/c26-19-6-4-16(5-7-19)24(17-10-12-34-13-11-17)25(30-31-29)23(33)14-18-2-1-3-22(27)21(18)9-8-20(28)15-32/h1-7,17,20,24-25,32H,8-15,28H2/t20-,24-,25+/m0/s1. The second kappa shape index (κ2) is 12.8. The summed E-state index contributed by atoms with van der Waals surface area (Å²) in [6.45, 7) is 0.950. The summed E-state index contributed by atoms with van der Waals surface area (Å²) in [6.07, 6.45) is 2.08. The number of rotatable bonds is 11. The molecule has 1 fully saturated rings. The van der Waals surface area contributed by atoms with E-state index in [1.54, 1.807) is 24.3 Å². The zero-order valence-electron chi connectivity index (χ0n) is 18.9. The third-order valence-electron chi connectivity index (χ3n) is 6.46. The molecule has 1 saturated heterocycles. The van der Waals surface area contributed by atoms with Gasteiger partial charge >= 0.3 is 0 Å². The van der Waals surface area contributed by atoms with Gasteiger partial charge in [0.2, 0.25) is 0 Å². The van der Waals surface area contributed by atoms with E-state index < -0.39 is 17.9 Å². The van der Waals surface area contributed by atoms with Gasteiger partial charge in [0.15, 0.2) is 0 Å². The van der Waals surface area contributed by atoms with Crippen molar-refractivity contribution < 1.29 is 19.0 Å². The molecule has 3 N–H and O–H groups in total. The van der Waals surface area contributed by atoms with Crippen LogP contribution < -0.4 is 5.73 Å². The highest BCUT2D eigenvalue weighted by molar-refractivity contribution is 6.30. The first-order chi connectivity index (χ1) is 16.4. The molecule has 9 heteroatoms. The average Bonchev–Trinajstić information content (AvgIpc) is 2.85. The summed E-state index contributed by atoms with van der Waals surface area (Å²) in [7, 11) is 0. The second-order valence-electron chi connectivity index (χ2n) is 8.68. The number of nitrogens with two attached hydrogens (primary N) is 1. The van der Waals surface area contributed by atoms with Gasteiger partial charge in [-0.25, -0.2) is 4.39 Å². The number of carbonyl (C=O) groups excluding carboxylic acids is 1. The fraction of sp³-hybridized carbons (Fsp3) is 0.480. The van der Waals surface area contributed by atoms with Gasteiger partial charge in [0.1, 0.15) is 17.6 Å². The summed E-state index contributed by atoms with van der Waals surface area (Å²) in [5.74, 6) is -0.953. The number of azide groups is 1. The maximum atomic E-state index is 14.6. The number of carbonyl (C=O) groups is 1. The minimum Gasteiger partial charge on any atom is -0.395 e. The van der Waals surface area contributed by atoms with Gasteiger partial charge in [0.25, 0.3) is 0 Å². The van der Waals surface area contributed by atoms with Gasteiger partial charge < -0.3 is 15.6 Å². The summed E-state index contributed by atoms with van der Waals surface area (Å²) in [6, 6.07) is 10.4. The number of ether oxygens (including phenoxy) is 1. The number of Topliss-reactive ketones (excluding diaryl/α,β-unsaturated/α-hetero) is 1. The molecule has 1 aliphatic rings. The number of nitrogens with zero attached hydrogens (tertiary/aromatic N) is 3. The van der Waals surface area contributed by atoms with Crippen LogP contribution in [-0.2, 0) is 22.4 Å². The largest absolute Gasteiger partial charge is 0.395 e. The van der Waals surface area contributed by atoms with Crippen LogP contribution in [0.25, 0.3) is 10.4 Å². The Kier molecular flexibility index (Phi) is 9.86. The first kappa shape index (κ1) is 26.1. The molecule has 1 aliphatic heterocycles. The summed E-state index contributed by atoms with van der Waals surface area (Å²) in [5.41, 5.74) is 16.9. The lowest BCUT2D eigenvalue weighted by molar-refractivity contribution is -0.120. The van der Waals surface area contributed by atoms with E-state index in [2.05, 4.69) is 10.0 Å². The van der Waals surface area contributed by atoms with Crippen LogP contribution in [0.1, 0.15) is 41.9 Å². The minimum absolute atomic E-state index is 0.0710.